The number of nitrogens with one attached hydrogen (secondary N) is 1. The summed E-state index contributed by atoms with van der Waals surface area (Å²) in [5.74, 6) is 6.30. The van der Waals surface area contributed by atoms with E-state index in [1.807, 2.05) is 6.07 Å². The first-order valence-corrected chi connectivity index (χ1v) is 7.24. The Kier molecular flexibility index (Phi) is 3.66. The number of ether oxygens (including phenoxy) is 1. The summed E-state index contributed by atoms with van der Waals surface area (Å²) in [7, 11) is 1.53. The Morgan fingerprint density at radius 3 is 2.90 bits per heavy atom. The predicted molar refractivity (Wildman–Crippen MR) is 77.7 cm³/mol. The molecule has 2 aromatic rings. The summed E-state index contributed by atoms with van der Waals surface area (Å²) >= 11 is 1.73. The molecule has 0 atom stereocenters. The molecular formula is C12H16N6OS. The highest BCUT2D eigenvalue weighted by atomic mass is 32.1. The smallest absolute Gasteiger partial charge is 0.322 e. The highest BCUT2D eigenvalue weighted by molar-refractivity contribution is 7.09. The molecule has 106 valence electrons. The lowest BCUT2D eigenvalue weighted by Gasteiger charge is -2.22. The van der Waals surface area contributed by atoms with Crippen LogP contribution in [0.1, 0.15) is 17.7 Å². The fourth-order valence-corrected chi connectivity index (χ4v) is 2.65. The molecule has 0 saturated heterocycles. The zero-order valence-corrected chi connectivity index (χ0v) is 11.9. The number of aromatic nitrogens is 3. The standard InChI is InChI=1S/C12H16N6OS/c1-19-12-15-10(17-13)14-11(16-12)18(8-4-5-8)7-9-3-2-6-20-9/h2-3,6,8H,4-5,7,13H2,1H3,(H,14,15,16,17). The fraction of sp³-hybridized carbons (Fsp3) is 0.417. The summed E-state index contributed by atoms with van der Waals surface area (Å²) in [6.07, 6.45) is 2.32. The Morgan fingerprint density at radius 2 is 2.30 bits per heavy atom. The molecule has 0 radical (unpaired) electrons. The van der Waals surface area contributed by atoms with Gasteiger partial charge in [0, 0.05) is 10.9 Å². The number of nitrogens with zero attached hydrogens (tertiary/aromatic N) is 4. The zero-order chi connectivity index (χ0) is 13.9. The molecule has 0 aliphatic heterocycles. The molecule has 1 aliphatic carbocycles. The maximum atomic E-state index is 5.40. The van der Waals surface area contributed by atoms with E-state index in [2.05, 4.69) is 36.7 Å². The molecule has 0 amide bonds. The molecule has 0 aromatic carbocycles. The van der Waals surface area contributed by atoms with Crippen LogP contribution >= 0.6 is 11.3 Å². The van der Waals surface area contributed by atoms with Crippen LogP contribution in [0.3, 0.4) is 0 Å². The van der Waals surface area contributed by atoms with Crippen LogP contribution in [-0.2, 0) is 6.54 Å². The van der Waals surface area contributed by atoms with Crippen molar-refractivity contribution in [1.82, 2.24) is 15.0 Å². The number of thiophene rings is 1. The van der Waals surface area contributed by atoms with Crippen molar-refractivity contribution in [2.24, 2.45) is 5.84 Å². The number of anilines is 2. The van der Waals surface area contributed by atoms with E-state index in [4.69, 9.17) is 10.6 Å². The van der Waals surface area contributed by atoms with Gasteiger partial charge in [-0.3, -0.25) is 5.43 Å². The highest BCUT2D eigenvalue weighted by Gasteiger charge is 2.31. The number of hydrogen-bond acceptors (Lipinski definition) is 8. The molecule has 1 fully saturated rings. The van der Waals surface area contributed by atoms with Crippen molar-refractivity contribution in [2.45, 2.75) is 25.4 Å². The molecule has 2 aromatic heterocycles. The van der Waals surface area contributed by atoms with E-state index in [1.165, 1.54) is 12.0 Å². The average Bonchev–Trinajstić information content (AvgIpc) is 3.20. The number of nitrogens with two attached hydrogens (primary N) is 1. The van der Waals surface area contributed by atoms with Crippen molar-refractivity contribution in [3.8, 4) is 6.01 Å². The lowest BCUT2D eigenvalue weighted by Crippen LogP contribution is -2.27. The molecule has 8 heteroatoms. The molecule has 3 rings (SSSR count). The molecule has 3 N–H and O–H groups in total. The van der Waals surface area contributed by atoms with Gasteiger partial charge in [-0.25, -0.2) is 5.84 Å². The van der Waals surface area contributed by atoms with Crippen LogP contribution in [0.2, 0.25) is 0 Å². The van der Waals surface area contributed by atoms with E-state index in [-0.39, 0.29) is 6.01 Å². The quantitative estimate of drug-likeness (QED) is 0.614. The van der Waals surface area contributed by atoms with Gasteiger partial charge in [-0.2, -0.15) is 15.0 Å². The van der Waals surface area contributed by atoms with Gasteiger partial charge in [0.25, 0.3) is 0 Å². The van der Waals surface area contributed by atoms with E-state index in [1.54, 1.807) is 11.3 Å². The lowest BCUT2D eigenvalue weighted by molar-refractivity contribution is 0.378. The van der Waals surface area contributed by atoms with Gasteiger partial charge in [0.1, 0.15) is 0 Å². The van der Waals surface area contributed by atoms with Gasteiger partial charge in [-0.05, 0) is 24.3 Å². The Bertz CT molecular complexity index is 549. The first-order valence-electron chi connectivity index (χ1n) is 6.36. The van der Waals surface area contributed by atoms with Gasteiger partial charge in [-0.1, -0.05) is 6.07 Å². The third-order valence-electron chi connectivity index (χ3n) is 3.07. The number of nitrogen functional groups attached to an aromatic ring is 1. The Hall–Kier alpha value is -1.93. The van der Waals surface area contributed by atoms with Crippen molar-refractivity contribution in [2.75, 3.05) is 17.4 Å². The minimum absolute atomic E-state index is 0.264. The number of hydrazine groups is 1. The van der Waals surface area contributed by atoms with Crippen molar-refractivity contribution in [3.05, 3.63) is 22.4 Å². The molecule has 2 heterocycles. The maximum absolute atomic E-state index is 5.40. The highest BCUT2D eigenvalue weighted by Crippen LogP contribution is 2.32. The van der Waals surface area contributed by atoms with Crippen LogP contribution in [-0.4, -0.2) is 28.1 Å². The molecule has 0 bridgehead atoms. The number of hydrogen-bond donors (Lipinski definition) is 2. The van der Waals surface area contributed by atoms with E-state index >= 15 is 0 Å². The van der Waals surface area contributed by atoms with Gasteiger partial charge in [0.15, 0.2) is 0 Å². The summed E-state index contributed by atoms with van der Waals surface area (Å²) in [6.45, 7) is 0.791. The van der Waals surface area contributed by atoms with Crippen LogP contribution < -0.4 is 20.9 Å². The molecular weight excluding hydrogens is 276 g/mol. The SMILES string of the molecule is COc1nc(NN)nc(N(Cc2cccs2)C2CC2)n1. The first kappa shape index (κ1) is 13.1. The number of methoxy groups -OCH3 is 1. The van der Waals surface area contributed by atoms with Gasteiger partial charge >= 0.3 is 6.01 Å². The Morgan fingerprint density at radius 1 is 1.45 bits per heavy atom. The average molecular weight is 292 g/mol. The van der Waals surface area contributed by atoms with Crippen LogP contribution in [0, 0.1) is 0 Å². The molecule has 20 heavy (non-hydrogen) atoms. The normalized spacial score (nSPS) is 14.1. The van der Waals surface area contributed by atoms with Crippen LogP contribution in [0.15, 0.2) is 17.5 Å². The topological polar surface area (TPSA) is 89.2 Å². The summed E-state index contributed by atoms with van der Waals surface area (Å²) in [5.41, 5.74) is 2.45. The first-order chi connectivity index (χ1) is 9.80. The minimum Gasteiger partial charge on any atom is -0.467 e. The largest absolute Gasteiger partial charge is 0.467 e. The van der Waals surface area contributed by atoms with E-state index in [0.29, 0.717) is 17.9 Å². The second-order valence-electron chi connectivity index (χ2n) is 4.53. The van der Waals surface area contributed by atoms with Gasteiger partial charge in [0.05, 0.1) is 13.7 Å². The monoisotopic (exact) mass is 292 g/mol. The van der Waals surface area contributed by atoms with Crippen molar-refractivity contribution in [3.63, 3.8) is 0 Å². The molecule has 1 saturated carbocycles. The van der Waals surface area contributed by atoms with Crippen molar-refractivity contribution >= 4 is 23.2 Å². The van der Waals surface area contributed by atoms with Crippen molar-refractivity contribution < 1.29 is 4.74 Å². The van der Waals surface area contributed by atoms with Crippen molar-refractivity contribution in [1.29, 1.82) is 0 Å². The van der Waals surface area contributed by atoms with Crippen LogP contribution in [0.4, 0.5) is 11.9 Å². The molecule has 1 aliphatic rings. The summed E-state index contributed by atoms with van der Waals surface area (Å²) < 4.78 is 5.10. The Labute approximate surface area is 120 Å². The second-order valence-corrected chi connectivity index (χ2v) is 5.56. The van der Waals surface area contributed by atoms with Gasteiger partial charge in [0.2, 0.25) is 11.9 Å². The summed E-state index contributed by atoms with van der Waals surface area (Å²) in [5, 5.41) is 2.07. The minimum atomic E-state index is 0.264. The predicted octanol–water partition coefficient (Wildman–Crippen LogP) is 1.40. The maximum Gasteiger partial charge on any atom is 0.322 e. The van der Waals surface area contributed by atoms with Crippen LogP contribution in [0.25, 0.3) is 0 Å². The lowest BCUT2D eigenvalue weighted by atomic mass is 10.4. The fourth-order valence-electron chi connectivity index (χ4n) is 1.95. The van der Waals surface area contributed by atoms with Crippen LogP contribution in [0.5, 0.6) is 6.01 Å². The van der Waals surface area contributed by atoms with E-state index < -0.39 is 0 Å². The molecule has 0 unspecified atom stereocenters. The summed E-state index contributed by atoms with van der Waals surface area (Å²) in [6, 6.07) is 4.90. The number of rotatable bonds is 6. The summed E-state index contributed by atoms with van der Waals surface area (Å²) in [4.78, 5) is 16.1. The second kappa shape index (κ2) is 5.59. The van der Waals surface area contributed by atoms with Gasteiger partial charge in [-0.15, -0.1) is 11.3 Å². The Balaban J connectivity index is 1.90. The zero-order valence-electron chi connectivity index (χ0n) is 11.1. The third-order valence-corrected chi connectivity index (χ3v) is 3.93. The van der Waals surface area contributed by atoms with Gasteiger partial charge < -0.3 is 9.64 Å². The molecule has 7 nitrogen and oxygen atoms in total. The van der Waals surface area contributed by atoms with E-state index in [0.717, 1.165) is 19.4 Å². The molecule has 0 spiro atoms. The third kappa shape index (κ3) is 2.81. The van der Waals surface area contributed by atoms with E-state index in [9.17, 15) is 0 Å².